The maximum absolute atomic E-state index is 12.8. The second-order valence-electron chi connectivity index (χ2n) is 5.76. The van der Waals surface area contributed by atoms with Crippen molar-refractivity contribution in [1.82, 2.24) is 10.2 Å². The number of hydrogen-bond donors (Lipinski definition) is 2. The van der Waals surface area contributed by atoms with Crippen molar-refractivity contribution < 1.29 is 14.7 Å². The molecule has 0 aromatic rings. The van der Waals surface area contributed by atoms with Crippen molar-refractivity contribution in [1.29, 1.82) is 0 Å². The zero-order chi connectivity index (χ0) is 13.9. The minimum Gasteiger partial charge on any atom is -0.480 e. The molecule has 2 heterocycles. The summed E-state index contributed by atoms with van der Waals surface area (Å²) in [5, 5.41) is 12.6. The minimum atomic E-state index is -0.858. The van der Waals surface area contributed by atoms with Crippen LogP contribution in [0.15, 0.2) is 0 Å². The second-order valence-corrected chi connectivity index (χ2v) is 5.76. The lowest BCUT2D eigenvalue weighted by Gasteiger charge is -2.43. The van der Waals surface area contributed by atoms with E-state index in [0.717, 1.165) is 38.6 Å². The molecule has 5 nitrogen and oxygen atoms in total. The molecule has 1 amide bonds. The molecular weight excluding hydrogens is 244 g/mol. The van der Waals surface area contributed by atoms with Crippen LogP contribution in [0.25, 0.3) is 0 Å². The van der Waals surface area contributed by atoms with Gasteiger partial charge < -0.3 is 15.3 Å². The van der Waals surface area contributed by atoms with Gasteiger partial charge in [0.1, 0.15) is 6.04 Å². The number of nitrogens with zero attached hydrogens (tertiary/aromatic N) is 1. The highest BCUT2D eigenvalue weighted by atomic mass is 16.4. The van der Waals surface area contributed by atoms with Gasteiger partial charge in [-0.15, -0.1) is 0 Å². The predicted octanol–water partition coefficient (Wildman–Crippen LogP) is 1.23. The molecule has 19 heavy (non-hydrogen) atoms. The summed E-state index contributed by atoms with van der Waals surface area (Å²) in [6.07, 6.45) is 5.06. The lowest BCUT2D eigenvalue weighted by molar-refractivity contribution is -0.158. The molecule has 0 aliphatic carbocycles. The molecule has 2 atom stereocenters. The first-order valence-corrected chi connectivity index (χ1v) is 7.35. The van der Waals surface area contributed by atoms with Gasteiger partial charge in [-0.2, -0.15) is 0 Å². The van der Waals surface area contributed by atoms with Gasteiger partial charge in [-0.3, -0.25) is 4.79 Å². The van der Waals surface area contributed by atoms with Crippen LogP contribution in [-0.2, 0) is 9.59 Å². The molecule has 0 bridgehead atoms. The minimum absolute atomic E-state index is 0.0503. The molecule has 108 valence electrons. The number of carbonyl (C=O) groups is 2. The molecule has 0 aromatic heterocycles. The highest BCUT2D eigenvalue weighted by molar-refractivity contribution is 5.88. The van der Waals surface area contributed by atoms with E-state index < -0.39 is 12.0 Å². The Morgan fingerprint density at radius 3 is 2.74 bits per heavy atom. The Morgan fingerprint density at radius 1 is 1.37 bits per heavy atom. The van der Waals surface area contributed by atoms with Crippen molar-refractivity contribution >= 4 is 11.9 Å². The van der Waals surface area contributed by atoms with Crippen LogP contribution in [0.1, 0.15) is 45.4 Å². The van der Waals surface area contributed by atoms with E-state index in [-0.39, 0.29) is 11.3 Å². The normalized spacial score (nSPS) is 32.1. The molecule has 2 N–H and O–H groups in total. The molecule has 2 saturated heterocycles. The lowest BCUT2D eigenvalue weighted by atomic mass is 9.76. The molecule has 0 saturated carbocycles. The van der Waals surface area contributed by atoms with Crippen molar-refractivity contribution in [3.8, 4) is 0 Å². The summed E-state index contributed by atoms with van der Waals surface area (Å²) >= 11 is 0. The summed E-state index contributed by atoms with van der Waals surface area (Å²) in [7, 11) is 0. The van der Waals surface area contributed by atoms with Crippen molar-refractivity contribution in [2.75, 3.05) is 19.6 Å². The van der Waals surface area contributed by atoms with Gasteiger partial charge >= 0.3 is 5.97 Å². The molecule has 0 radical (unpaired) electrons. The Balaban J connectivity index is 2.17. The Bertz CT molecular complexity index is 351. The SMILES string of the molecule is CCC1(C(=O)N2CCCCC2C(=O)O)CCCNC1. The molecule has 2 rings (SSSR count). The first-order chi connectivity index (χ1) is 9.10. The van der Waals surface area contributed by atoms with Crippen LogP contribution in [0, 0.1) is 5.41 Å². The summed E-state index contributed by atoms with van der Waals surface area (Å²) in [5.41, 5.74) is -0.386. The van der Waals surface area contributed by atoms with Crippen LogP contribution >= 0.6 is 0 Å². The maximum atomic E-state index is 12.8. The average molecular weight is 268 g/mol. The summed E-state index contributed by atoms with van der Waals surface area (Å²) in [6.45, 7) is 4.27. The molecule has 0 aromatic carbocycles. The van der Waals surface area contributed by atoms with Crippen LogP contribution in [-0.4, -0.2) is 47.6 Å². The van der Waals surface area contributed by atoms with Gasteiger partial charge in [-0.25, -0.2) is 4.79 Å². The molecule has 5 heteroatoms. The van der Waals surface area contributed by atoms with Gasteiger partial charge in [-0.05, 0) is 45.1 Å². The number of rotatable bonds is 3. The molecule has 2 aliphatic heterocycles. The fourth-order valence-electron chi connectivity index (χ4n) is 3.34. The second kappa shape index (κ2) is 5.90. The molecular formula is C14H24N2O3. The van der Waals surface area contributed by atoms with Gasteiger partial charge in [0, 0.05) is 13.1 Å². The Kier molecular flexibility index (Phi) is 4.45. The van der Waals surface area contributed by atoms with Crippen LogP contribution in [0.5, 0.6) is 0 Å². The van der Waals surface area contributed by atoms with Crippen molar-refractivity contribution in [3.05, 3.63) is 0 Å². The average Bonchev–Trinajstić information content (AvgIpc) is 2.47. The maximum Gasteiger partial charge on any atom is 0.326 e. The molecule has 2 unspecified atom stereocenters. The largest absolute Gasteiger partial charge is 0.480 e. The first-order valence-electron chi connectivity index (χ1n) is 7.35. The van der Waals surface area contributed by atoms with E-state index >= 15 is 0 Å². The van der Waals surface area contributed by atoms with E-state index in [1.54, 1.807) is 4.90 Å². The Morgan fingerprint density at radius 2 is 2.16 bits per heavy atom. The smallest absolute Gasteiger partial charge is 0.326 e. The van der Waals surface area contributed by atoms with E-state index in [9.17, 15) is 14.7 Å². The van der Waals surface area contributed by atoms with Crippen molar-refractivity contribution in [2.45, 2.75) is 51.5 Å². The monoisotopic (exact) mass is 268 g/mol. The number of aliphatic carboxylic acids is 1. The topological polar surface area (TPSA) is 69.6 Å². The van der Waals surface area contributed by atoms with Crippen LogP contribution in [0.4, 0.5) is 0 Å². The quantitative estimate of drug-likeness (QED) is 0.808. The predicted molar refractivity (Wildman–Crippen MR) is 71.8 cm³/mol. The molecule has 0 spiro atoms. The Hall–Kier alpha value is -1.10. The van der Waals surface area contributed by atoms with Crippen LogP contribution < -0.4 is 5.32 Å². The van der Waals surface area contributed by atoms with Crippen molar-refractivity contribution in [2.24, 2.45) is 5.41 Å². The summed E-state index contributed by atoms with van der Waals surface area (Å²) < 4.78 is 0. The van der Waals surface area contributed by atoms with Gasteiger partial charge in [-0.1, -0.05) is 6.92 Å². The number of hydrogen-bond acceptors (Lipinski definition) is 3. The zero-order valence-electron chi connectivity index (χ0n) is 11.7. The zero-order valence-corrected chi connectivity index (χ0v) is 11.7. The highest BCUT2D eigenvalue weighted by Crippen LogP contribution is 2.34. The van der Waals surface area contributed by atoms with Gasteiger partial charge in [0.15, 0.2) is 0 Å². The number of carboxylic acids is 1. The van der Waals surface area contributed by atoms with Gasteiger partial charge in [0.05, 0.1) is 5.41 Å². The van der Waals surface area contributed by atoms with E-state index in [0.29, 0.717) is 19.5 Å². The third-order valence-electron chi connectivity index (χ3n) is 4.65. The number of carbonyl (C=O) groups excluding carboxylic acids is 1. The number of piperidine rings is 2. The van der Waals surface area contributed by atoms with Crippen LogP contribution in [0.2, 0.25) is 0 Å². The van der Waals surface area contributed by atoms with E-state index in [1.807, 2.05) is 6.92 Å². The Labute approximate surface area is 114 Å². The van der Waals surface area contributed by atoms with Crippen LogP contribution in [0.3, 0.4) is 0 Å². The summed E-state index contributed by atoms with van der Waals surface area (Å²) in [6, 6.07) is -0.619. The summed E-state index contributed by atoms with van der Waals surface area (Å²) in [4.78, 5) is 25.8. The molecule has 2 aliphatic rings. The lowest BCUT2D eigenvalue weighted by Crippen LogP contribution is -2.57. The van der Waals surface area contributed by atoms with E-state index in [2.05, 4.69) is 5.32 Å². The third kappa shape index (κ3) is 2.76. The third-order valence-corrected chi connectivity index (χ3v) is 4.65. The van der Waals surface area contributed by atoms with E-state index in [4.69, 9.17) is 0 Å². The number of likely N-dealkylation sites (tertiary alicyclic amines) is 1. The number of carboxylic acid groups (broad SMARTS) is 1. The van der Waals surface area contributed by atoms with E-state index in [1.165, 1.54) is 0 Å². The summed E-state index contributed by atoms with van der Waals surface area (Å²) in [5.74, 6) is -0.808. The molecule has 2 fully saturated rings. The van der Waals surface area contributed by atoms with Crippen molar-refractivity contribution in [3.63, 3.8) is 0 Å². The first kappa shape index (κ1) is 14.3. The van der Waals surface area contributed by atoms with Gasteiger partial charge in [0.25, 0.3) is 0 Å². The standard InChI is InChI=1S/C14H24N2O3/c1-2-14(7-5-8-15-10-14)13(19)16-9-4-3-6-11(16)12(17)18/h11,15H,2-10H2,1H3,(H,17,18). The van der Waals surface area contributed by atoms with Gasteiger partial charge in [0.2, 0.25) is 5.91 Å². The highest BCUT2D eigenvalue weighted by Gasteiger charge is 2.44. The fourth-order valence-corrected chi connectivity index (χ4v) is 3.34. The number of nitrogens with one attached hydrogen (secondary N) is 1. The fraction of sp³-hybridized carbons (Fsp3) is 0.857. The number of amides is 1.